The molecular formula is C24H25N9O. The molecule has 1 aliphatic rings. The summed E-state index contributed by atoms with van der Waals surface area (Å²) in [5.41, 5.74) is 2.82. The van der Waals surface area contributed by atoms with Crippen molar-refractivity contribution in [1.82, 2.24) is 29.8 Å². The molecule has 5 rings (SSSR count). The zero-order chi connectivity index (χ0) is 23.5. The molecule has 0 radical (unpaired) electrons. The second-order valence-corrected chi connectivity index (χ2v) is 8.15. The molecule has 3 aromatic heterocycles. The minimum atomic E-state index is -0.277. The summed E-state index contributed by atoms with van der Waals surface area (Å²) in [6.07, 6.45) is 6.72. The largest absolute Gasteiger partial charge is 0.372 e. The molecule has 0 atom stereocenters. The Morgan fingerprint density at radius 3 is 2.65 bits per heavy atom. The van der Waals surface area contributed by atoms with Crippen LogP contribution in [0.2, 0.25) is 0 Å². The Balaban J connectivity index is 1.36. The van der Waals surface area contributed by atoms with Crippen LogP contribution in [0.25, 0.3) is 22.2 Å². The standard InChI is InChI=1S/C24H25N9O/c1-25-21-15-26-14-20(29-21)16-3-4-18-13-28-24(30-19(18)11-16)31-23(34)17-5-6-27-22(12-17)33-9-7-32(2)8-10-33/h3-6,11-15H,7-10H2,1-2H3,(H,25,29)(H,28,30,31,34). The van der Waals surface area contributed by atoms with Gasteiger partial charge in [0.15, 0.2) is 0 Å². The van der Waals surface area contributed by atoms with Crippen LogP contribution in [0.1, 0.15) is 10.4 Å². The Labute approximate surface area is 197 Å². The molecule has 0 aliphatic carbocycles. The number of anilines is 3. The van der Waals surface area contributed by atoms with E-state index in [-0.39, 0.29) is 11.9 Å². The van der Waals surface area contributed by atoms with E-state index in [4.69, 9.17) is 0 Å². The molecule has 172 valence electrons. The zero-order valence-corrected chi connectivity index (χ0v) is 19.1. The van der Waals surface area contributed by atoms with E-state index in [0.29, 0.717) is 16.9 Å². The number of benzene rings is 1. The van der Waals surface area contributed by atoms with Gasteiger partial charge in [-0.1, -0.05) is 12.1 Å². The Kier molecular flexibility index (Phi) is 5.96. The van der Waals surface area contributed by atoms with E-state index in [2.05, 4.69) is 52.4 Å². The minimum Gasteiger partial charge on any atom is -0.372 e. The molecule has 1 saturated heterocycles. The molecule has 2 N–H and O–H groups in total. The summed E-state index contributed by atoms with van der Waals surface area (Å²) in [6, 6.07) is 9.29. The first kappa shape index (κ1) is 21.7. The normalized spacial score (nSPS) is 14.2. The third kappa shape index (κ3) is 4.62. The van der Waals surface area contributed by atoms with Gasteiger partial charge in [0.1, 0.15) is 11.6 Å². The molecule has 1 fully saturated rings. The minimum absolute atomic E-state index is 0.239. The lowest BCUT2D eigenvalue weighted by atomic mass is 10.1. The fourth-order valence-corrected chi connectivity index (χ4v) is 3.81. The number of nitrogens with zero attached hydrogens (tertiary/aromatic N) is 7. The first-order chi connectivity index (χ1) is 16.6. The van der Waals surface area contributed by atoms with E-state index >= 15 is 0 Å². The van der Waals surface area contributed by atoms with Crippen LogP contribution in [0.5, 0.6) is 0 Å². The lowest BCUT2D eigenvalue weighted by Crippen LogP contribution is -2.44. The number of piperazine rings is 1. The summed E-state index contributed by atoms with van der Waals surface area (Å²) in [5.74, 6) is 1.44. The highest BCUT2D eigenvalue weighted by atomic mass is 16.1. The summed E-state index contributed by atoms with van der Waals surface area (Å²) >= 11 is 0. The number of nitrogens with one attached hydrogen (secondary N) is 2. The van der Waals surface area contributed by atoms with E-state index in [1.165, 1.54) is 0 Å². The number of hydrogen-bond acceptors (Lipinski definition) is 9. The number of aromatic nitrogens is 5. The average Bonchev–Trinajstić information content (AvgIpc) is 2.89. The van der Waals surface area contributed by atoms with Crippen LogP contribution >= 0.6 is 0 Å². The van der Waals surface area contributed by atoms with Crippen LogP contribution in [0.4, 0.5) is 17.6 Å². The SMILES string of the molecule is CNc1cncc(-c2ccc3cnc(NC(=O)c4ccnc(N5CCN(C)CC5)c4)nc3c2)n1. The second kappa shape index (κ2) is 9.36. The average molecular weight is 456 g/mol. The quantitative estimate of drug-likeness (QED) is 0.469. The van der Waals surface area contributed by atoms with E-state index in [1.54, 1.807) is 37.9 Å². The fourth-order valence-electron chi connectivity index (χ4n) is 3.81. The van der Waals surface area contributed by atoms with Crippen LogP contribution in [-0.4, -0.2) is 76.0 Å². The fraction of sp³-hybridized carbons (Fsp3) is 0.250. The van der Waals surface area contributed by atoms with Crippen LogP contribution < -0.4 is 15.5 Å². The molecule has 34 heavy (non-hydrogen) atoms. The number of amides is 1. The van der Waals surface area contributed by atoms with Crippen molar-refractivity contribution in [2.75, 3.05) is 55.8 Å². The van der Waals surface area contributed by atoms with E-state index < -0.39 is 0 Å². The van der Waals surface area contributed by atoms with Gasteiger partial charge in [-0.05, 0) is 25.2 Å². The summed E-state index contributed by atoms with van der Waals surface area (Å²) in [5, 5.41) is 6.66. The maximum Gasteiger partial charge on any atom is 0.258 e. The van der Waals surface area contributed by atoms with E-state index in [0.717, 1.165) is 48.6 Å². The van der Waals surface area contributed by atoms with Crippen molar-refractivity contribution >= 4 is 34.4 Å². The molecule has 1 amide bonds. The molecular weight excluding hydrogens is 430 g/mol. The van der Waals surface area contributed by atoms with Gasteiger partial charge in [0.2, 0.25) is 5.95 Å². The number of likely N-dealkylation sites (N-methyl/N-ethyl adjacent to an activating group) is 1. The number of pyridine rings is 1. The van der Waals surface area contributed by atoms with Gasteiger partial charge in [-0.25, -0.2) is 19.9 Å². The van der Waals surface area contributed by atoms with Gasteiger partial charge < -0.3 is 15.1 Å². The van der Waals surface area contributed by atoms with Crippen LogP contribution in [0.3, 0.4) is 0 Å². The molecule has 4 heterocycles. The Morgan fingerprint density at radius 1 is 0.971 bits per heavy atom. The van der Waals surface area contributed by atoms with Crippen molar-refractivity contribution < 1.29 is 4.79 Å². The molecule has 0 spiro atoms. The third-order valence-electron chi connectivity index (χ3n) is 5.83. The van der Waals surface area contributed by atoms with Gasteiger partial charge >= 0.3 is 0 Å². The van der Waals surface area contributed by atoms with Crippen LogP contribution in [0.15, 0.2) is 55.1 Å². The Bertz CT molecular complexity index is 1340. The van der Waals surface area contributed by atoms with E-state index in [1.807, 2.05) is 24.3 Å². The topological polar surface area (TPSA) is 112 Å². The summed E-state index contributed by atoms with van der Waals surface area (Å²) in [6.45, 7) is 3.70. The Morgan fingerprint density at radius 2 is 1.82 bits per heavy atom. The van der Waals surface area contributed by atoms with Crippen molar-refractivity contribution in [2.24, 2.45) is 0 Å². The maximum absolute atomic E-state index is 12.9. The van der Waals surface area contributed by atoms with Gasteiger partial charge in [-0.3, -0.25) is 15.1 Å². The Hall–Kier alpha value is -4.18. The lowest BCUT2D eigenvalue weighted by molar-refractivity contribution is 0.102. The highest BCUT2D eigenvalue weighted by molar-refractivity contribution is 6.04. The molecule has 0 saturated carbocycles. The summed E-state index contributed by atoms with van der Waals surface area (Å²) in [4.78, 5) is 39.5. The molecule has 4 aromatic rings. The number of hydrogen-bond donors (Lipinski definition) is 2. The highest BCUT2D eigenvalue weighted by Crippen LogP contribution is 2.23. The molecule has 10 nitrogen and oxygen atoms in total. The van der Waals surface area contributed by atoms with Gasteiger partial charge in [0.25, 0.3) is 5.91 Å². The molecule has 1 aromatic carbocycles. The van der Waals surface area contributed by atoms with Gasteiger partial charge in [-0.2, -0.15) is 0 Å². The number of rotatable bonds is 5. The summed E-state index contributed by atoms with van der Waals surface area (Å²) < 4.78 is 0. The predicted molar refractivity (Wildman–Crippen MR) is 132 cm³/mol. The van der Waals surface area contributed by atoms with Gasteiger partial charge in [-0.15, -0.1) is 0 Å². The monoisotopic (exact) mass is 455 g/mol. The first-order valence-electron chi connectivity index (χ1n) is 11.1. The molecule has 0 unspecified atom stereocenters. The van der Waals surface area contributed by atoms with Crippen molar-refractivity contribution in [1.29, 1.82) is 0 Å². The number of carbonyl (C=O) groups excluding carboxylic acids is 1. The smallest absolute Gasteiger partial charge is 0.258 e. The first-order valence-corrected chi connectivity index (χ1v) is 11.1. The van der Waals surface area contributed by atoms with Crippen molar-refractivity contribution in [2.45, 2.75) is 0 Å². The predicted octanol–water partition coefficient (Wildman–Crippen LogP) is 2.53. The van der Waals surface area contributed by atoms with Crippen LogP contribution in [-0.2, 0) is 0 Å². The lowest BCUT2D eigenvalue weighted by Gasteiger charge is -2.33. The molecule has 1 aliphatic heterocycles. The maximum atomic E-state index is 12.9. The van der Waals surface area contributed by atoms with Gasteiger partial charge in [0.05, 0.1) is 23.6 Å². The van der Waals surface area contributed by atoms with Gasteiger partial charge in [0, 0.05) is 62.1 Å². The van der Waals surface area contributed by atoms with E-state index in [9.17, 15) is 4.79 Å². The molecule has 0 bridgehead atoms. The second-order valence-electron chi connectivity index (χ2n) is 8.15. The number of fused-ring (bicyclic) bond motifs is 1. The summed E-state index contributed by atoms with van der Waals surface area (Å²) in [7, 11) is 3.90. The number of carbonyl (C=O) groups is 1. The molecule has 10 heteroatoms. The highest BCUT2D eigenvalue weighted by Gasteiger charge is 2.17. The third-order valence-corrected chi connectivity index (χ3v) is 5.83. The van der Waals surface area contributed by atoms with Crippen LogP contribution in [0, 0.1) is 0 Å². The zero-order valence-electron chi connectivity index (χ0n) is 19.1. The van der Waals surface area contributed by atoms with Crippen molar-refractivity contribution in [3.05, 3.63) is 60.7 Å². The van der Waals surface area contributed by atoms with Crippen molar-refractivity contribution in [3.8, 4) is 11.3 Å². The van der Waals surface area contributed by atoms with Crippen molar-refractivity contribution in [3.63, 3.8) is 0 Å².